The van der Waals surface area contributed by atoms with Crippen molar-refractivity contribution in [3.63, 3.8) is 0 Å². The summed E-state index contributed by atoms with van der Waals surface area (Å²) in [6.45, 7) is 3.02. The van der Waals surface area contributed by atoms with Crippen molar-refractivity contribution in [3.05, 3.63) is 60.2 Å². The Balaban J connectivity index is 1.60. The maximum absolute atomic E-state index is 12.5. The maximum atomic E-state index is 12.5. The molecule has 1 heterocycles. The molecule has 1 unspecified atom stereocenters. The lowest BCUT2D eigenvalue weighted by atomic mass is 9.90. The molecule has 1 fully saturated rings. The Labute approximate surface area is 148 Å². The van der Waals surface area contributed by atoms with Crippen LogP contribution in [0.5, 0.6) is 11.5 Å². The summed E-state index contributed by atoms with van der Waals surface area (Å²) in [5, 5.41) is 3.02. The van der Waals surface area contributed by atoms with E-state index in [-0.39, 0.29) is 11.9 Å². The van der Waals surface area contributed by atoms with E-state index < -0.39 is 5.54 Å². The number of carbonyl (C=O) groups excluding carboxylic acids is 1. The van der Waals surface area contributed by atoms with Crippen LogP contribution in [0.25, 0.3) is 0 Å². The standard InChI is InChI=1S/C20H24N2O3/c1-15(22-19(23)20(21)11-13-24-14-12-20)16-7-9-18(10-8-16)25-17-5-3-2-4-6-17/h2-10,15H,11-14,21H2,1H3,(H,22,23). The fraction of sp³-hybridized carbons (Fsp3) is 0.350. The van der Waals surface area contributed by atoms with Crippen molar-refractivity contribution in [1.29, 1.82) is 0 Å². The van der Waals surface area contributed by atoms with Gasteiger partial charge in [-0.1, -0.05) is 30.3 Å². The molecule has 25 heavy (non-hydrogen) atoms. The second kappa shape index (κ2) is 7.68. The molecule has 0 saturated carbocycles. The summed E-state index contributed by atoms with van der Waals surface area (Å²) in [6.07, 6.45) is 1.10. The zero-order valence-electron chi connectivity index (χ0n) is 14.4. The molecule has 0 spiro atoms. The minimum atomic E-state index is -0.830. The lowest BCUT2D eigenvalue weighted by molar-refractivity contribution is -0.130. The van der Waals surface area contributed by atoms with E-state index in [1.807, 2.05) is 61.5 Å². The van der Waals surface area contributed by atoms with Gasteiger partial charge in [-0.3, -0.25) is 4.79 Å². The normalized spacial score (nSPS) is 17.5. The van der Waals surface area contributed by atoms with E-state index >= 15 is 0 Å². The number of nitrogens with one attached hydrogen (secondary N) is 1. The van der Waals surface area contributed by atoms with Gasteiger partial charge in [0.1, 0.15) is 11.5 Å². The molecule has 0 aliphatic carbocycles. The van der Waals surface area contributed by atoms with Crippen molar-refractivity contribution in [2.75, 3.05) is 13.2 Å². The van der Waals surface area contributed by atoms with Crippen LogP contribution in [0.1, 0.15) is 31.4 Å². The summed E-state index contributed by atoms with van der Waals surface area (Å²) in [4.78, 5) is 12.5. The molecule has 3 N–H and O–H groups in total. The Morgan fingerprint density at radius 2 is 1.68 bits per heavy atom. The lowest BCUT2D eigenvalue weighted by Crippen LogP contribution is -2.57. The molecule has 0 radical (unpaired) electrons. The molecule has 5 nitrogen and oxygen atoms in total. The smallest absolute Gasteiger partial charge is 0.240 e. The SMILES string of the molecule is CC(NC(=O)C1(N)CCOCC1)c1ccc(Oc2ccccc2)cc1. The topological polar surface area (TPSA) is 73.6 Å². The third-order valence-electron chi connectivity index (χ3n) is 4.54. The van der Waals surface area contributed by atoms with Crippen LogP contribution in [0.4, 0.5) is 0 Å². The van der Waals surface area contributed by atoms with Gasteiger partial charge in [0.05, 0.1) is 11.6 Å². The molecule has 1 amide bonds. The van der Waals surface area contributed by atoms with Crippen LogP contribution < -0.4 is 15.8 Å². The average molecular weight is 340 g/mol. The number of rotatable bonds is 5. The first-order valence-electron chi connectivity index (χ1n) is 8.57. The quantitative estimate of drug-likeness (QED) is 0.877. The van der Waals surface area contributed by atoms with E-state index in [1.54, 1.807) is 0 Å². The number of nitrogens with two attached hydrogens (primary N) is 1. The predicted molar refractivity (Wildman–Crippen MR) is 96.5 cm³/mol. The Morgan fingerprint density at radius 3 is 2.32 bits per heavy atom. The summed E-state index contributed by atoms with van der Waals surface area (Å²) in [7, 11) is 0. The molecular weight excluding hydrogens is 316 g/mol. The highest BCUT2D eigenvalue weighted by atomic mass is 16.5. The maximum Gasteiger partial charge on any atom is 0.240 e. The first-order chi connectivity index (χ1) is 12.1. The Kier molecular flexibility index (Phi) is 5.36. The fourth-order valence-electron chi connectivity index (χ4n) is 2.84. The van der Waals surface area contributed by atoms with Crippen molar-refractivity contribution in [1.82, 2.24) is 5.32 Å². The Morgan fingerprint density at radius 1 is 1.08 bits per heavy atom. The molecule has 132 valence electrons. The largest absolute Gasteiger partial charge is 0.457 e. The van der Waals surface area contributed by atoms with Crippen LogP contribution >= 0.6 is 0 Å². The Bertz CT molecular complexity index is 695. The molecule has 3 rings (SSSR count). The van der Waals surface area contributed by atoms with Crippen molar-refractivity contribution in [2.45, 2.75) is 31.3 Å². The van der Waals surface area contributed by atoms with Gasteiger partial charge in [-0.2, -0.15) is 0 Å². The first kappa shape index (κ1) is 17.5. The highest BCUT2D eigenvalue weighted by Crippen LogP contribution is 2.24. The van der Waals surface area contributed by atoms with E-state index in [9.17, 15) is 4.79 Å². The first-order valence-corrected chi connectivity index (χ1v) is 8.57. The Hall–Kier alpha value is -2.37. The minimum absolute atomic E-state index is 0.118. The molecule has 1 saturated heterocycles. The summed E-state index contributed by atoms with van der Waals surface area (Å²) in [5.74, 6) is 1.43. The third kappa shape index (κ3) is 4.38. The van der Waals surface area contributed by atoms with Gasteiger partial charge in [-0.15, -0.1) is 0 Å². The molecule has 1 aliphatic rings. The van der Waals surface area contributed by atoms with E-state index in [2.05, 4.69) is 5.32 Å². The van der Waals surface area contributed by atoms with E-state index in [1.165, 1.54) is 0 Å². The monoisotopic (exact) mass is 340 g/mol. The molecule has 2 aromatic carbocycles. The summed E-state index contributed by atoms with van der Waals surface area (Å²) < 4.78 is 11.1. The second-order valence-electron chi connectivity index (χ2n) is 6.45. The number of carbonyl (C=O) groups is 1. The van der Waals surface area contributed by atoms with Gasteiger partial charge in [-0.05, 0) is 49.6 Å². The van der Waals surface area contributed by atoms with Gasteiger partial charge >= 0.3 is 0 Å². The number of ether oxygens (including phenoxy) is 2. The van der Waals surface area contributed by atoms with Crippen LogP contribution in [-0.4, -0.2) is 24.7 Å². The van der Waals surface area contributed by atoms with Crippen LogP contribution in [0.2, 0.25) is 0 Å². The minimum Gasteiger partial charge on any atom is -0.457 e. The van der Waals surface area contributed by atoms with E-state index in [4.69, 9.17) is 15.2 Å². The number of hydrogen-bond acceptors (Lipinski definition) is 4. The second-order valence-corrected chi connectivity index (χ2v) is 6.45. The van der Waals surface area contributed by atoms with Gasteiger partial charge in [-0.25, -0.2) is 0 Å². The zero-order valence-corrected chi connectivity index (χ0v) is 14.4. The van der Waals surface area contributed by atoms with Gasteiger partial charge < -0.3 is 20.5 Å². The lowest BCUT2D eigenvalue weighted by Gasteiger charge is -2.33. The van der Waals surface area contributed by atoms with Crippen molar-refractivity contribution < 1.29 is 14.3 Å². The summed E-state index contributed by atoms with van der Waals surface area (Å²) >= 11 is 0. The van der Waals surface area contributed by atoms with Crippen LogP contribution in [-0.2, 0) is 9.53 Å². The predicted octanol–water partition coefficient (Wildman–Crippen LogP) is 3.16. The summed E-state index contributed by atoms with van der Waals surface area (Å²) in [6, 6.07) is 17.2. The fourth-order valence-corrected chi connectivity index (χ4v) is 2.84. The van der Waals surface area contributed by atoms with Crippen LogP contribution in [0.15, 0.2) is 54.6 Å². The van der Waals surface area contributed by atoms with Gasteiger partial charge in [0, 0.05) is 13.2 Å². The molecular formula is C20H24N2O3. The average Bonchev–Trinajstić information content (AvgIpc) is 2.64. The molecule has 5 heteroatoms. The highest BCUT2D eigenvalue weighted by Gasteiger charge is 2.36. The van der Waals surface area contributed by atoms with Crippen LogP contribution in [0, 0.1) is 0 Å². The molecule has 2 aromatic rings. The van der Waals surface area contributed by atoms with Gasteiger partial charge in [0.25, 0.3) is 0 Å². The number of benzene rings is 2. The summed E-state index contributed by atoms with van der Waals surface area (Å²) in [5.41, 5.74) is 6.40. The van der Waals surface area contributed by atoms with Crippen LogP contribution in [0.3, 0.4) is 0 Å². The molecule has 0 bridgehead atoms. The van der Waals surface area contributed by atoms with Gasteiger partial charge in [0.15, 0.2) is 0 Å². The molecule has 1 atom stereocenters. The third-order valence-corrected chi connectivity index (χ3v) is 4.54. The number of para-hydroxylation sites is 1. The molecule has 0 aromatic heterocycles. The number of hydrogen-bond donors (Lipinski definition) is 2. The van der Waals surface area contributed by atoms with Crippen molar-refractivity contribution in [3.8, 4) is 11.5 Å². The van der Waals surface area contributed by atoms with Crippen molar-refractivity contribution in [2.24, 2.45) is 5.73 Å². The number of amides is 1. The van der Waals surface area contributed by atoms with Crippen molar-refractivity contribution >= 4 is 5.91 Å². The zero-order chi connectivity index (χ0) is 17.7. The highest BCUT2D eigenvalue weighted by molar-refractivity contribution is 5.86. The van der Waals surface area contributed by atoms with E-state index in [0.29, 0.717) is 26.1 Å². The molecule has 1 aliphatic heterocycles. The van der Waals surface area contributed by atoms with Gasteiger partial charge in [0.2, 0.25) is 5.91 Å². The van der Waals surface area contributed by atoms with E-state index in [0.717, 1.165) is 17.1 Å².